The van der Waals surface area contributed by atoms with Gasteiger partial charge in [0.15, 0.2) is 0 Å². The van der Waals surface area contributed by atoms with Crippen LogP contribution < -0.4 is 4.74 Å². The molecule has 1 aromatic rings. The molecule has 1 rings (SSSR count). The lowest BCUT2D eigenvalue weighted by Gasteiger charge is -2.22. The highest BCUT2D eigenvalue weighted by Crippen LogP contribution is 2.18. The number of aliphatic hydroxyl groups is 1. The molecule has 1 N–H and O–H groups in total. The Morgan fingerprint density at radius 2 is 1.95 bits per heavy atom. The number of rotatable bonds is 8. The van der Waals surface area contributed by atoms with E-state index in [0.717, 1.165) is 17.9 Å². The van der Waals surface area contributed by atoms with Gasteiger partial charge in [0.25, 0.3) is 0 Å². The summed E-state index contributed by atoms with van der Waals surface area (Å²) in [4.78, 5) is 2.06. The van der Waals surface area contributed by atoms with Gasteiger partial charge in [-0.3, -0.25) is 4.90 Å². The molecule has 0 fully saturated rings. The molecule has 4 heteroatoms. The van der Waals surface area contributed by atoms with Crippen molar-refractivity contribution in [1.82, 2.24) is 4.90 Å². The summed E-state index contributed by atoms with van der Waals surface area (Å²) in [7, 11) is 3.65. The number of para-hydroxylation sites is 1. The molecule has 0 aromatic heterocycles. The SMILES string of the molecule is COc1ccccc1CN(C)CC(O)COC(C)C. The molecule has 0 spiro atoms. The van der Waals surface area contributed by atoms with Crippen LogP contribution in [0.25, 0.3) is 0 Å². The topological polar surface area (TPSA) is 41.9 Å². The summed E-state index contributed by atoms with van der Waals surface area (Å²) in [6, 6.07) is 7.92. The van der Waals surface area contributed by atoms with E-state index < -0.39 is 6.10 Å². The fraction of sp³-hybridized carbons (Fsp3) is 0.600. The van der Waals surface area contributed by atoms with Crippen LogP contribution in [0.3, 0.4) is 0 Å². The van der Waals surface area contributed by atoms with Gasteiger partial charge in [0, 0.05) is 18.7 Å². The monoisotopic (exact) mass is 267 g/mol. The zero-order chi connectivity index (χ0) is 14.3. The van der Waals surface area contributed by atoms with E-state index in [1.54, 1.807) is 7.11 Å². The van der Waals surface area contributed by atoms with Gasteiger partial charge >= 0.3 is 0 Å². The number of nitrogens with zero attached hydrogens (tertiary/aromatic N) is 1. The predicted octanol–water partition coefficient (Wildman–Crippen LogP) is 1.91. The van der Waals surface area contributed by atoms with Crippen LogP contribution in [0.2, 0.25) is 0 Å². The lowest BCUT2D eigenvalue weighted by atomic mass is 10.2. The van der Waals surface area contributed by atoms with Gasteiger partial charge < -0.3 is 14.6 Å². The number of likely N-dealkylation sites (N-methyl/N-ethyl adjacent to an activating group) is 1. The van der Waals surface area contributed by atoms with E-state index in [-0.39, 0.29) is 6.10 Å². The lowest BCUT2D eigenvalue weighted by molar-refractivity contribution is -0.00640. The highest BCUT2D eigenvalue weighted by atomic mass is 16.5. The van der Waals surface area contributed by atoms with Crippen molar-refractivity contribution in [2.45, 2.75) is 32.6 Å². The minimum absolute atomic E-state index is 0.147. The van der Waals surface area contributed by atoms with E-state index in [4.69, 9.17) is 9.47 Å². The quantitative estimate of drug-likeness (QED) is 0.781. The number of benzene rings is 1. The van der Waals surface area contributed by atoms with Crippen LogP contribution >= 0.6 is 0 Å². The van der Waals surface area contributed by atoms with Gasteiger partial charge in [0.05, 0.1) is 25.9 Å². The van der Waals surface area contributed by atoms with Crippen molar-refractivity contribution in [3.8, 4) is 5.75 Å². The van der Waals surface area contributed by atoms with Crippen LogP contribution in [-0.4, -0.2) is 49.5 Å². The second-order valence-electron chi connectivity index (χ2n) is 5.04. The minimum Gasteiger partial charge on any atom is -0.496 e. The standard InChI is InChI=1S/C15H25NO3/c1-12(2)19-11-14(17)10-16(3)9-13-7-5-6-8-15(13)18-4/h5-8,12,14,17H,9-11H2,1-4H3. The highest BCUT2D eigenvalue weighted by molar-refractivity contribution is 5.32. The Labute approximate surface area is 115 Å². The van der Waals surface area contributed by atoms with E-state index in [1.807, 2.05) is 45.2 Å². The first kappa shape index (κ1) is 16.0. The Kier molecular flexibility index (Phi) is 6.84. The number of hydrogen-bond acceptors (Lipinski definition) is 4. The highest BCUT2D eigenvalue weighted by Gasteiger charge is 2.11. The molecule has 0 aliphatic carbocycles. The van der Waals surface area contributed by atoms with Crippen molar-refractivity contribution in [2.24, 2.45) is 0 Å². The molecule has 1 aromatic carbocycles. The zero-order valence-corrected chi connectivity index (χ0v) is 12.3. The molecule has 19 heavy (non-hydrogen) atoms. The molecule has 0 aliphatic heterocycles. The maximum atomic E-state index is 9.88. The smallest absolute Gasteiger partial charge is 0.123 e. The van der Waals surface area contributed by atoms with Gasteiger partial charge in [0.1, 0.15) is 5.75 Å². The first-order chi connectivity index (χ1) is 9.02. The average Bonchev–Trinajstić information content (AvgIpc) is 2.37. The summed E-state index contributed by atoms with van der Waals surface area (Å²) in [5.41, 5.74) is 1.12. The molecule has 0 heterocycles. The summed E-state index contributed by atoms with van der Waals surface area (Å²) in [6.07, 6.45) is -0.323. The van der Waals surface area contributed by atoms with E-state index >= 15 is 0 Å². The molecule has 0 aliphatic rings. The van der Waals surface area contributed by atoms with Gasteiger partial charge in [-0.05, 0) is 27.0 Å². The molecule has 0 amide bonds. The molecular weight excluding hydrogens is 242 g/mol. The number of hydrogen-bond donors (Lipinski definition) is 1. The van der Waals surface area contributed by atoms with Crippen LogP contribution in [-0.2, 0) is 11.3 Å². The minimum atomic E-state index is -0.470. The Hall–Kier alpha value is -1.10. The third-order valence-electron chi connectivity index (χ3n) is 2.78. The largest absolute Gasteiger partial charge is 0.496 e. The maximum Gasteiger partial charge on any atom is 0.123 e. The van der Waals surface area contributed by atoms with Gasteiger partial charge in [-0.1, -0.05) is 18.2 Å². The van der Waals surface area contributed by atoms with Crippen LogP contribution in [0.1, 0.15) is 19.4 Å². The summed E-state index contributed by atoms with van der Waals surface area (Å²) in [5, 5.41) is 9.88. The fourth-order valence-corrected chi connectivity index (χ4v) is 1.90. The Balaban J connectivity index is 2.44. The zero-order valence-electron chi connectivity index (χ0n) is 12.3. The lowest BCUT2D eigenvalue weighted by Crippen LogP contribution is -2.32. The van der Waals surface area contributed by atoms with Gasteiger partial charge in [-0.15, -0.1) is 0 Å². The Bertz CT molecular complexity index is 368. The van der Waals surface area contributed by atoms with Gasteiger partial charge in [-0.2, -0.15) is 0 Å². The third kappa shape index (κ3) is 6.05. The second-order valence-corrected chi connectivity index (χ2v) is 5.04. The van der Waals surface area contributed by atoms with E-state index in [2.05, 4.69) is 4.90 Å². The average molecular weight is 267 g/mol. The molecule has 0 saturated heterocycles. The summed E-state index contributed by atoms with van der Waals surface area (Å²) in [6.45, 7) is 5.61. The normalized spacial score (nSPS) is 13.0. The fourth-order valence-electron chi connectivity index (χ4n) is 1.90. The van der Waals surface area contributed by atoms with Crippen molar-refractivity contribution in [3.05, 3.63) is 29.8 Å². The van der Waals surface area contributed by atoms with Crippen molar-refractivity contribution in [3.63, 3.8) is 0 Å². The van der Waals surface area contributed by atoms with Crippen molar-refractivity contribution < 1.29 is 14.6 Å². The summed E-state index contributed by atoms with van der Waals surface area (Å²) >= 11 is 0. The maximum absolute atomic E-state index is 9.88. The van der Waals surface area contributed by atoms with E-state index in [0.29, 0.717) is 13.2 Å². The molecule has 4 nitrogen and oxygen atoms in total. The van der Waals surface area contributed by atoms with Gasteiger partial charge in [0.2, 0.25) is 0 Å². The third-order valence-corrected chi connectivity index (χ3v) is 2.78. The molecular formula is C15H25NO3. The molecule has 1 atom stereocenters. The van der Waals surface area contributed by atoms with Crippen LogP contribution in [0.15, 0.2) is 24.3 Å². The van der Waals surface area contributed by atoms with Crippen molar-refractivity contribution in [1.29, 1.82) is 0 Å². The molecule has 108 valence electrons. The summed E-state index contributed by atoms with van der Waals surface area (Å²) in [5.74, 6) is 0.877. The number of aliphatic hydroxyl groups excluding tert-OH is 1. The van der Waals surface area contributed by atoms with Crippen LogP contribution in [0.5, 0.6) is 5.75 Å². The summed E-state index contributed by atoms with van der Waals surface area (Å²) < 4.78 is 10.7. The molecule has 0 radical (unpaired) electrons. The first-order valence-electron chi connectivity index (χ1n) is 6.63. The predicted molar refractivity (Wildman–Crippen MR) is 76.4 cm³/mol. The van der Waals surface area contributed by atoms with E-state index in [9.17, 15) is 5.11 Å². The Morgan fingerprint density at radius 3 is 2.58 bits per heavy atom. The van der Waals surface area contributed by atoms with Crippen molar-refractivity contribution >= 4 is 0 Å². The van der Waals surface area contributed by atoms with Crippen LogP contribution in [0.4, 0.5) is 0 Å². The van der Waals surface area contributed by atoms with Gasteiger partial charge in [-0.25, -0.2) is 0 Å². The first-order valence-corrected chi connectivity index (χ1v) is 6.63. The second kappa shape index (κ2) is 8.15. The molecule has 1 unspecified atom stereocenters. The number of methoxy groups -OCH3 is 1. The molecule has 0 saturated carbocycles. The number of ether oxygens (including phenoxy) is 2. The Morgan fingerprint density at radius 1 is 1.26 bits per heavy atom. The molecule has 0 bridgehead atoms. The van der Waals surface area contributed by atoms with Crippen molar-refractivity contribution in [2.75, 3.05) is 27.3 Å². The van der Waals surface area contributed by atoms with E-state index in [1.165, 1.54) is 0 Å². The van der Waals surface area contributed by atoms with Crippen LogP contribution in [0, 0.1) is 0 Å².